The van der Waals surface area contributed by atoms with E-state index < -0.39 is 10.0 Å². The number of benzene rings is 1. The van der Waals surface area contributed by atoms with E-state index in [4.69, 9.17) is 0 Å². The smallest absolute Gasteiger partial charge is 0.214 e. The molecule has 0 saturated carbocycles. The van der Waals surface area contributed by atoms with Crippen LogP contribution in [-0.4, -0.2) is 43.6 Å². The van der Waals surface area contributed by atoms with Crippen LogP contribution >= 0.6 is 0 Å². The van der Waals surface area contributed by atoms with Gasteiger partial charge in [-0.3, -0.25) is 0 Å². The summed E-state index contributed by atoms with van der Waals surface area (Å²) in [6, 6.07) is 9.76. The Morgan fingerprint density at radius 3 is 2.58 bits per heavy atom. The van der Waals surface area contributed by atoms with Crippen LogP contribution in [0.15, 0.2) is 30.3 Å². The summed E-state index contributed by atoms with van der Waals surface area (Å²) in [5, 5.41) is 3.33. The second-order valence-corrected chi connectivity index (χ2v) is 7.78. The highest BCUT2D eigenvalue weighted by atomic mass is 32.2. The van der Waals surface area contributed by atoms with Crippen molar-refractivity contribution < 1.29 is 8.42 Å². The first-order valence-electron chi connectivity index (χ1n) is 6.66. The standard InChI is InChI=1S/C14H22N2O2S/c1-14(2)12-16(10-9-15-14)19(17,18)11-8-13-6-4-3-5-7-13/h3-7,15H,8-12H2,1-2H3. The van der Waals surface area contributed by atoms with Crippen molar-refractivity contribution in [1.82, 2.24) is 9.62 Å². The zero-order chi connectivity index (χ0) is 13.9. The molecule has 1 saturated heterocycles. The van der Waals surface area contributed by atoms with Crippen molar-refractivity contribution in [3.63, 3.8) is 0 Å². The quantitative estimate of drug-likeness (QED) is 0.904. The fraction of sp³-hybridized carbons (Fsp3) is 0.571. The van der Waals surface area contributed by atoms with Crippen molar-refractivity contribution in [3.8, 4) is 0 Å². The van der Waals surface area contributed by atoms with Gasteiger partial charge in [0, 0.05) is 25.2 Å². The van der Waals surface area contributed by atoms with E-state index in [-0.39, 0.29) is 11.3 Å². The lowest BCUT2D eigenvalue weighted by atomic mass is 10.0. The van der Waals surface area contributed by atoms with Crippen LogP contribution in [0.5, 0.6) is 0 Å². The number of hydrogen-bond donors (Lipinski definition) is 1. The summed E-state index contributed by atoms with van der Waals surface area (Å²) >= 11 is 0. The molecule has 0 aromatic heterocycles. The monoisotopic (exact) mass is 282 g/mol. The molecule has 106 valence electrons. The highest BCUT2D eigenvalue weighted by Crippen LogP contribution is 2.15. The maximum atomic E-state index is 12.3. The van der Waals surface area contributed by atoms with Gasteiger partial charge in [-0.25, -0.2) is 8.42 Å². The second kappa shape index (κ2) is 5.61. The van der Waals surface area contributed by atoms with Crippen LogP contribution in [0.4, 0.5) is 0 Å². The molecule has 1 aliphatic rings. The van der Waals surface area contributed by atoms with Crippen molar-refractivity contribution in [1.29, 1.82) is 0 Å². The maximum Gasteiger partial charge on any atom is 0.214 e. The highest BCUT2D eigenvalue weighted by molar-refractivity contribution is 7.89. The Morgan fingerprint density at radius 1 is 1.26 bits per heavy atom. The van der Waals surface area contributed by atoms with Gasteiger partial charge in [0.25, 0.3) is 0 Å². The van der Waals surface area contributed by atoms with Crippen LogP contribution in [0.2, 0.25) is 0 Å². The average Bonchev–Trinajstić information content (AvgIpc) is 2.37. The lowest BCUT2D eigenvalue weighted by Gasteiger charge is -2.38. The molecular weight excluding hydrogens is 260 g/mol. The Bertz CT molecular complexity index is 512. The molecule has 4 nitrogen and oxygen atoms in total. The molecule has 0 radical (unpaired) electrons. The Hall–Kier alpha value is -0.910. The highest BCUT2D eigenvalue weighted by Gasteiger charge is 2.32. The molecule has 1 aromatic carbocycles. The lowest BCUT2D eigenvalue weighted by molar-refractivity contribution is 0.233. The summed E-state index contributed by atoms with van der Waals surface area (Å²) in [6.07, 6.45) is 0.577. The molecule has 2 rings (SSSR count). The van der Waals surface area contributed by atoms with Crippen LogP contribution in [0.3, 0.4) is 0 Å². The van der Waals surface area contributed by atoms with E-state index in [1.807, 2.05) is 44.2 Å². The van der Waals surface area contributed by atoms with Crippen molar-refractivity contribution in [2.75, 3.05) is 25.4 Å². The fourth-order valence-corrected chi connectivity index (χ4v) is 3.99. The maximum absolute atomic E-state index is 12.3. The average molecular weight is 282 g/mol. The molecule has 1 N–H and O–H groups in total. The predicted octanol–water partition coefficient (Wildman–Crippen LogP) is 1.24. The summed E-state index contributed by atoms with van der Waals surface area (Å²) in [6.45, 7) is 5.90. The Balaban J connectivity index is 1.98. The summed E-state index contributed by atoms with van der Waals surface area (Å²) in [5.74, 6) is 0.188. The molecule has 1 heterocycles. The van der Waals surface area contributed by atoms with E-state index in [0.29, 0.717) is 19.5 Å². The van der Waals surface area contributed by atoms with Gasteiger partial charge < -0.3 is 5.32 Å². The SMILES string of the molecule is CC1(C)CN(S(=O)(=O)CCc2ccccc2)CCN1. The van der Waals surface area contributed by atoms with Gasteiger partial charge in [0.2, 0.25) is 10.0 Å². The number of piperazine rings is 1. The Labute approximate surface area is 115 Å². The van der Waals surface area contributed by atoms with Crippen LogP contribution < -0.4 is 5.32 Å². The first-order valence-corrected chi connectivity index (χ1v) is 8.27. The van der Waals surface area contributed by atoms with Gasteiger partial charge in [0.15, 0.2) is 0 Å². The van der Waals surface area contributed by atoms with Gasteiger partial charge in [0.05, 0.1) is 5.75 Å². The number of aryl methyl sites for hydroxylation is 1. The summed E-state index contributed by atoms with van der Waals surface area (Å²) in [4.78, 5) is 0. The lowest BCUT2D eigenvalue weighted by Crippen LogP contribution is -2.58. The predicted molar refractivity (Wildman–Crippen MR) is 77.6 cm³/mol. The number of hydrogen-bond acceptors (Lipinski definition) is 3. The number of rotatable bonds is 4. The molecule has 0 bridgehead atoms. The molecule has 1 aromatic rings. The molecule has 0 atom stereocenters. The van der Waals surface area contributed by atoms with E-state index in [1.165, 1.54) is 0 Å². The topological polar surface area (TPSA) is 49.4 Å². The van der Waals surface area contributed by atoms with Crippen LogP contribution in [0.25, 0.3) is 0 Å². The number of nitrogens with one attached hydrogen (secondary N) is 1. The molecule has 0 aliphatic carbocycles. The minimum Gasteiger partial charge on any atom is -0.309 e. The Kier molecular flexibility index (Phi) is 4.28. The molecule has 1 aliphatic heterocycles. The van der Waals surface area contributed by atoms with Gasteiger partial charge in [-0.2, -0.15) is 4.31 Å². The Morgan fingerprint density at radius 2 is 1.95 bits per heavy atom. The van der Waals surface area contributed by atoms with E-state index in [1.54, 1.807) is 4.31 Å². The molecule has 0 spiro atoms. The van der Waals surface area contributed by atoms with E-state index in [2.05, 4.69) is 5.32 Å². The third kappa shape index (κ3) is 4.03. The van der Waals surface area contributed by atoms with Crippen molar-refractivity contribution in [2.45, 2.75) is 25.8 Å². The zero-order valence-electron chi connectivity index (χ0n) is 11.6. The molecule has 5 heteroatoms. The van der Waals surface area contributed by atoms with Crippen molar-refractivity contribution in [2.24, 2.45) is 0 Å². The van der Waals surface area contributed by atoms with Crippen LogP contribution in [0.1, 0.15) is 19.4 Å². The number of sulfonamides is 1. The van der Waals surface area contributed by atoms with Gasteiger partial charge in [-0.05, 0) is 25.8 Å². The molecular formula is C14H22N2O2S. The first kappa shape index (κ1) is 14.5. The minimum absolute atomic E-state index is 0.141. The van der Waals surface area contributed by atoms with Crippen LogP contribution in [0, 0.1) is 0 Å². The third-order valence-electron chi connectivity index (χ3n) is 3.42. The zero-order valence-corrected chi connectivity index (χ0v) is 12.4. The van der Waals surface area contributed by atoms with E-state index >= 15 is 0 Å². The summed E-state index contributed by atoms with van der Waals surface area (Å²) in [7, 11) is -3.16. The van der Waals surface area contributed by atoms with Gasteiger partial charge in [0.1, 0.15) is 0 Å². The van der Waals surface area contributed by atoms with Crippen molar-refractivity contribution in [3.05, 3.63) is 35.9 Å². The molecule has 1 fully saturated rings. The minimum atomic E-state index is -3.16. The third-order valence-corrected chi connectivity index (χ3v) is 5.24. The second-order valence-electron chi connectivity index (χ2n) is 5.70. The van der Waals surface area contributed by atoms with Gasteiger partial charge >= 0.3 is 0 Å². The molecule has 0 amide bonds. The number of nitrogens with zero attached hydrogens (tertiary/aromatic N) is 1. The fourth-order valence-electron chi connectivity index (χ4n) is 2.35. The van der Waals surface area contributed by atoms with Gasteiger partial charge in [-0.15, -0.1) is 0 Å². The molecule has 19 heavy (non-hydrogen) atoms. The first-order chi connectivity index (χ1) is 8.89. The van der Waals surface area contributed by atoms with E-state index in [0.717, 1.165) is 12.1 Å². The summed E-state index contributed by atoms with van der Waals surface area (Å²) < 4.78 is 26.3. The largest absolute Gasteiger partial charge is 0.309 e. The summed E-state index contributed by atoms with van der Waals surface area (Å²) in [5.41, 5.74) is 0.929. The molecule has 0 unspecified atom stereocenters. The normalized spacial score (nSPS) is 20.3. The van der Waals surface area contributed by atoms with E-state index in [9.17, 15) is 8.42 Å². The van der Waals surface area contributed by atoms with Gasteiger partial charge in [-0.1, -0.05) is 30.3 Å². The van der Waals surface area contributed by atoms with Crippen molar-refractivity contribution >= 4 is 10.0 Å². The van der Waals surface area contributed by atoms with Crippen LogP contribution in [-0.2, 0) is 16.4 Å².